The zero-order chi connectivity index (χ0) is 15.7. The Labute approximate surface area is 126 Å². The van der Waals surface area contributed by atoms with Gasteiger partial charge in [-0.2, -0.15) is 0 Å². The molecule has 1 heterocycles. The van der Waals surface area contributed by atoms with Gasteiger partial charge in [-0.15, -0.1) is 0 Å². The number of aryl methyl sites for hydroxylation is 1. The number of aromatic nitrogens is 1. The van der Waals surface area contributed by atoms with E-state index in [2.05, 4.69) is 0 Å². The summed E-state index contributed by atoms with van der Waals surface area (Å²) in [6, 6.07) is 4.68. The van der Waals surface area contributed by atoms with Crippen LogP contribution in [0.1, 0.15) is 33.3 Å². The first kappa shape index (κ1) is 15.1. The minimum Gasteiger partial charge on any atom is -0.495 e. The smallest absolute Gasteiger partial charge is 0.352 e. The van der Waals surface area contributed by atoms with Crippen molar-refractivity contribution in [2.24, 2.45) is 0 Å². The number of halogens is 1. The molecule has 1 aromatic carbocycles. The number of benzene rings is 1. The monoisotopic (exact) mass is 307 g/mol. The standard InChI is InChI=1S/C15H14ClNO4/c1-8-4-12(14(21-3)6-11(8)16)17-7-10(9(2)18)5-13(17)15(19)20/h4-7H,1-3H3,(H,19,20). The van der Waals surface area contributed by atoms with Crippen LogP contribution in [0, 0.1) is 6.92 Å². The summed E-state index contributed by atoms with van der Waals surface area (Å²) in [5.74, 6) is -0.906. The van der Waals surface area contributed by atoms with Gasteiger partial charge in [0, 0.05) is 22.8 Å². The third-order valence-corrected chi connectivity index (χ3v) is 3.57. The second-order valence-corrected chi connectivity index (χ2v) is 5.03. The van der Waals surface area contributed by atoms with Crippen LogP contribution in [0.4, 0.5) is 0 Å². The van der Waals surface area contributed by atoms with Crippen LogP contribution < -0.4 is 4.74 Å². The lowest BCUT2D eigenvalue weighted by atomic mass is 10.2. The summed E-state index contributed by atoms with van der Waals surface area (Å²) in [6.45, 7) is 3.19. The van der Waals surface area contributed by atoms with Crippen molar-refractivity contribution in [2.45, 2.75) is 13.8 Å². The fraction of sp³-hybridized carbons (Fsp3) is 0.200. The molecule has 21 heavy (non-hydrogen) atoms. The highest BCUT2D eigenvalue weighted by Gasteiger charge is 2.19. The molecule has 1 aromatic heterocycles. The maximum Gasteiger partial charge on any atom is 0.352 e. The number of carboxylic acids is 1. The number of carbonyl (C=O) groups is 2. The number of ketones is 1. The van der Waals surface area contributed by atoms with Crippen LogP contribution in [-0.2, 0) is 0 Å². The number of carbonyl (C=O) groups excluding carboxylic acids is 1. The number of ether oxygens (including phenoxy) is 1. The summed E-state index contributed by atoms with van der Waals surface area (Å²) in [6.07, 6.45) is 1.48. The lowest BCUT2D eigenvalue weighted by molar-refractivity contribution is 0.0688. The highest BCUT2D eigenvalue weighted by atomic mass is 35.5. The minimum atomic E-state index is -1.13. The average molecular weight is 308 g/mol. The molecule has 1 N–H and O–H groups in total. The van der Waals surface area contributed by atoms with Crippen LogP contribution >= 0.6 is 11.6 Å². The lowest BCUT2D eigenvalue weighted by Crippen LogP contribution is -2.07. The van der Waals surface area contributed by atoms with Gasteiger partial charge in [-0.05, 0) is 31.5 Å². The van der Waals surface area contributed by atoms with Crippen molar-refractivity contribution in [3.05, 3.63) is 46.2 Å². The molecule has 0 amide bonds. The first-order valence-corrected chi connectivity index (χ1v) is 6.54. The molecule has 0 saturated heterocycles. The Bertz CT molecular complexity index is 734. The Balaban J connectivity index is 2.74. The van der Waals surface area contributed by atoms with Gasteiger partial charge in [-0.25, -0.2) is 4.79 Å². The number of Topliss-reactive ketones (excluding diaryl/α,β-unsaturated/α-hetero) is 1. The van der Waals surface area contributed by atoms with Crippen molar-refractivity contribution >= 4 is 23.4 Å². The predicted octanol–water partition coefficient (Wildman–Crippen LogP) is 3.35. The van der Waals surface area contributed by atoms with E-state index >= 15 is 0 Å². The fourth-order valence-corrected chi connectivity index (χ4v) is 2.17. The van der Waals surface area contributed by atoms with Crippen LogP contribution in [0.15, 0.2) is 24.4 Å². The number of methoxy groups -OCH3 is 1. The van der Waals surface area contributed by atoms with Gasteiger partial charge in [0.1, 0.15) is 11.4 Å². The fourth-order valence-electron chi connectivity index (χ4n) is 2.02. The Morgan fingerprint density at radius 3 is 2.48 bits per heavy atom. The number of hydrogen-bond donors (Lipinski definition) is 1. The second kappa shape index (κ2) is 5.61. The number of hydrogen-bond acceptors (Lipinski definition) is 3. The van der Waals surface area contributed by atoms with Crippen LogP contribution in [0.25, 0.3) is 5.69 Å². The van der Waals surface area contributed by atoms with Gasteiger partial charge < -0.3 is 14.4 Å². The molecule has 0 radical (unpaired) electrons. The van der Waals surface area contributed by atoms with E-state index in [0.717, 1.165) is 5.56 Å². The topological polar surface area (TPSA) is 68.5 Å². The summed E-state index contributed by atoms with van der Waals surface area (Å²) in [7, 11) is 1.47. The third-order valence-electron chi connectivity index (χ3n) is 3.17. The van der Waals surface area contributed by atoms with Gasteiger partial charge in [-0.3, -0.25) is 4.79 Å². The lowest BCUT2D eigenvalue weighted by Gasteiger charge is -2.13. The Morgan fingerprint density at radius 2 is 1.95 bits per heavy atom. The van der Waals surface area contributed by atoms with Crippen molar-refractivity contribution in [3.8, 4) is 11.4 Å². The van der Waals surface area contributed by atoms with Crippen LogP contribution in [0.5, 0.6) is 5.75 Å². The van der Waals surface area contributed by atoms with E-state index in [9.17, 15) is 14.7 Å². The molecule has 2 aromatic rings. The van der Waals surface area contributed by atoms with Gasteiger partial charge >= 0.3 is 5.97 Å². The molecule has 2 rings (SSSR count). The molecular weight excluding hydrogens is 294 g/mol. The minimum absolute atomic E-state index is 0.0137. The number of aromatic carboxylic acids is 1. The second-order valence-electron chi connectivity index (χ2n) is 4.62. The highest BCUT2D eigenvalue weighted by molar-refractivity contribution is 6.31. The summed E-state index contributed by atoms with van der Waals surface area (Å²) < 4.78 is 6.67. The summed E-state index contributed by atoms with van der Waals surface area (Å²) >= 11 is 6.05. The maximum atomic E-state index is 11.5. The summed E-state index contributed by atoms with van der Waals surface area (Å²) in [5, 5.41) is 9.83. The zero-order valence-corrected chi connectivity index (χ0v) is 12.6. The quantitative estimate of drug-likeness (QED) is 0.880. The normalized spacial score (nSPS) is 10.5. The Hall–Kier alpha value is -2.27. The molecule has 0 spiro atoms. The van der Waals surface area contributed by atoms with E-state index in [1.54, 1.807) is 19.1 Å². The molecule has 110 valence electrons. The Kier molecular flexibility index (Phi) is 4.04. The summed E-state index contributed by atoms with van der Waals surface area (Å²) in [4.78, 5) is 22.9. The van der Waals surface area contributed by atoms with E-state index in [0.29, 0.717) is 22.0 Å². The van der Waals surface area contributed by atoms with E-state index in [1.165, 1.54) is 30.9 Å². The predicted molar refractivity (Wildman–Crippen MR) is 79.0 cm³/mol. The van der Waals surface area contributed by atoms with Crippen molar-refractivity contribution in [2.75, 3.05) is 7.11 Å². The van der Waals surface area contributed by atoms with Crippen LogP contribution in [0.3, 0.4) is 0 Å². The van der Waals surface area contributed by atoms with E-state index in [-0.39, 0.29) is 11.5 Å². The molecule has 0 atom stereocenters. The first-order valence-electron chi connectivity index (χ1n) is 6.16. The molecular formula is C15H14ClNO4. The molecule has 0 bridgehead atoms. The number of nitrogens with zero attached hydrogens (tertiary/aromatic N) is 1. The first-order chi connectivity index (χ1) is 9.85. The van der Waals surface area contributed by atoms with E-state index in [4.69, 9.17) is 16.3 Å². The number of rotatable bonds is 4. The molecule has 5 nitrogen and oxygen atoms in total. The molecule has 6 heteroatoms. The van der Waals surface area contributed by atoms with Gasteiger partial charge in [0.25, 0.3) is 0 Å². The van der Waals surface area contributed by atoms with E-state index < -0.39 is 5.97 Å². The summed E-state index contributed by atoms with van der Waals surface area (Å²) in [5.41, 5.74) is 1.61. The molecule has 0 unspecified atom stereocenters. The van der Waals surface area contributed by atoms with Crippen molar-refractivity contribution in [1.82, 2.24) is 4.57 Å². The van der Waals surface area contributed by atoms with Crippen molar-refractivity contribution < 1.29 is 19.4 Å². The molecule has 0 aliphatic rings. The van der Waals surface area contributed by atoms with Crippen molar-refractivity contribution in [3.63, 3.8) is 0 Å². The van der Waals surface area contributed by atoms with Gasteiger partial charge in [0.2, 0.25) is 0 Å². The largest absolute Gasteiger partial charge is 0.495 e. The molecule has 0 saturated carbocycles. The number of carboxylic acid groups (broad SMARTS) is 1. The SMILES string of the molecule is COc1cc(Cl)c(C)cc1-n1cc(C(C)=O)cc1C(=O)O. The van der Waals surface area contributed by atoms with Gasteiger partial charge in [-0.1, -0.05) is 11.6 Å². The maximum absolute atomic E-state index is 11.5. The molecule has 0 aliphatic heterocycles. The average Bonchev–Trinajstić information content (AvgIpc) is 2.86. The van der Waals surface area contributed by atoms with Gasteiger partial charge in [0.15, 0.2) is 5.78 Å². The molecule has 0 aliphatic carbocycles. The Morgan fingerprint density at radius 1 is 1.29 bits per heavy atom. The van der Waals surface area contributed by atoms with Crippen molar-refractivity contribution in [1.29, 1.82) is 0 Å². The van der Waals surface area contributed by atoms with E-state index in [1.807, 2.05) is 0 Å². The third kappa shape index (κ3) is 2.78. The van der Waals surface area contributed by atoms with Crippen LogP contribution in [-0.4, -0.2) is 28.5 Å². The van der Waals surface area contributed by atoms with Gasteiger partial charge in [0.05, 0.1) is 12.8 Å². The highest BCUT2D eigenvalue weighted by Crippen LogP contribution is 2.31. The van der Waals surface area contributed by atoms with Crippen LogP contribution in [0.2, 0.25) is 5.02 Å². The molecule has 0 fully saturated rings. The zero-order valence-electron chi connectivity index (χ0n) is 11.8.